The normalized spacial score (nSPS) is 16.7. The summed E-state index contributed by atoms with van der Waals surface area (Å²) in [6.07, 6.45) is 7.07. The first-order chi connectivity index (χ1) is 10.0. The molecule has 1 fully saturated rings. The zero-order chi connectivity index (χ0) is 15.9. The van der Waals surface area contributed by atoms with Crippen LogP contribution in [0.4, 0.5) is 4.79 Å². The van der Waals surface area contributed by atoms with Gasteiger partial charge in [-0.2, -0.15) is 0 Å². The molecule has 0 atom stereocenters. The van der Waals surface area contributed by atoms with Crippen molar-refractivity contribution >= 4 is 12.1 Å². The SMILES string of the molecule is C=CCC1(N(CC(=C)C(=O)OC)C(=O)OC)CCCCC1. The van der Waals surface area contributed by atoms with Crippen molar-refractivity contribution in [3.05, 3.63) is 24.8 Å². The third-order valence-electron chi connectivity index (χ3n) is 4.10. The van der Waals surface area contributed by atoms with Gasteiger partial charge >= 0.3 is 12.1 Å². The molecule has 5 heteroatoms. The molecule has 0 spiro atoms. The molecule has 1 rings (SSSR count). The zero-order valence-corrected chi connectivity index (χ0v) is 13.0. The summed E-state index contributed by atoms with van der Waals surface area (Å²) >= 11 is 0. The van der Waals surface area contributed by atoms with Crippen molar-refractivity contribution in [2.75, 3.05) is 20.8 Å². The summed E-state index contributed by atoms with van der Waals surface area (Å²) in [5.41, 5.74) is -0.0961. The number of amides is 1. The summed E-state index contributed by atoms with van der Waals surface area (Å²) in [7, 11) is 2.65. The Bertz CT molecular complexity index is 411. The number of hydrogen-bond acceptors (Lipinski definition) is 4. The molecular formula is C16H25NO4. The molecule has 1 aliphatic carbocycles. The van der Waals surface area contributed by atoms with E-state index in [1.165, 1.54) is 14.2 Å². The first-order valence-electron chi connectivity index (χ1n) is 7.23. The predicted molar refractivity (Wildman–Crippen MR) is 80.9 cm³/mol. The molecule has 0 aromatic rings. The van der Waals surface area contributed by atoms with Gasteiger partial charge in [-0.1, -0.05) is 31.9 Å². The topological polar surface area (TPSA) is 55.8 Å². The van der Waals surface area contributed by atoms with Crippen molar-refractivity contribution in [3.8, 4) is 0 Å². The highest BCUT2D eigenvalue weighted by Gasteiger charge is 2.41. The molecule has 0 aromatic carbocycles. The Kier molecular flexibility index (Phi) is 6.46. The van der Waals surface area contributed by atoms with Crippen LogP contribution < -0.4 is 0 Å². The molecule has 0 radical (unpaired) electrons. The highest BCUT2D eigenvalue weighted by Crippen LogP contribution is 2.37. The number of carbonyl (C=O) groups is 2. The van der Waals surface area contributed by atoms with E-state index in [-0.39, 0.29) is 17.7 Å². The minimum Gasteiger partial charge on any atom is -0.466 e. The van der Waals surface area contributed by atoms with Gasteiger partial charge in [-0.15, -0.1) is 6.58 Å². The monoisotopic (exact) mass is 295 g/mol. The van der Waals surface area contributed by atoms with E-state index < -0.39 is 12.1 Å². The Balaban J connectivity index is 3.02. The fourth-order valence-corrected chi connectivity index (χ4v) is 3.00. The van der Waals surface area contributed by atoms with Crippen molar-refractivity contribution in [3.63, 3.8) is 0 Å². The second-order valence-corrected chi connectivity index (χ2v) is 5.43. The number of esters is 1. The van der Waals surface area contributed by atoms with E-state index in [1.54, 1.807) is 4.90 Å². The van der Waals surface area contributed by atoms with E-state index >= 15 is 0 Å². The molecule has 118 valence electrons. The van der Waals surface area contributed by atoms with Crippen LogP contribution in [-0.2, 0) is 14.3 Å². The Hall–Kier alpha value is -1.78. The van der Waals surface area contributed by atoms with Crippen LogP contribution in [0.1, 0.15) is 38.5 Å². The minimum atomic E-state index is -0.506. The molecule has 1 amide bonds. The highest BCUT2D eigenvalue weighted by atomic mass is 16.5. The van der Waals surface area contributed by atoms with Crippen LogP contribution >= 0.6 is 0 Å². The molecule has 0 bridgehead atoms. The Morgan fingerprint density at radius 1 is 1.19 bits per heavy atom. The van der Waals surface area contributed by atoms with Gasteiger partial charge in [0.15, 0.2) is 0 Å². The Morgan fingerprint density at radius 2 is 1.81 bits per heavy atom. The van der Waals surface area contributed by atoms with Gasteiger partial charge in [0.05, 0.1) is 26.3 Å². The summed E-state index contributed by atoms with van der Waals surface area (Å²) < 4.78 is 9.58. The van der Waals surface area contributed by atoms with Crippen LogP contribution in [0.3, 0.4) is 0 Å². The van der Waals surface area contributed by atoms with Gasteiger partial charge in [-0.3, -0.25) is 4.90 Å². The summed E-state index contributed by atoms with van der Waals surface area (Å²) in [6.45, 7) is 7.64. The summed E-state index contributed by atoms with van der Waals surface area (Å²) in [5.74, 6) is -0.506. The van der Waals surface area contributed by atoms with E-state index in [9.17, 15) is 9.59 Å². The van der Waals surface area contributed by atoms with Crippen LogP contribution in [-0.4, -0.2) is 43.3 Å². The van der Waals surface area contributed by atoms with E-state index in [1.807, 2.05) is 6.08 Å². The maximum absolute atomic E-state index is 12.2. The van der Waals surface area contributed by atoms with Crippen LogP contribution in [0.5, 0.6) is 0 Å². The lowest BCUT2D eigenvalue weighted by atomic mass is 9.78. The van der Waals surface area contributed by atoms with Gasteiger partial charge in [0.1, 0.15) is 0 Å². The van der Waals surface area contributed by atoms with Crippen LogP contribution in [0.25, 0.3) is 0 Å². The number of rotatable bonds is 6. The van der Waals surface area contributed by atoms with E-state index in [2.05, 4.69) is 17.9 Å². The Labute approximate surface area is 126 Å². The van der Waals surface area contributed by atoms with Gasteiger partial charge in [-0.25, -0.2) is 9.59 Å². The van der Waals surface area contributed by atoms with Crippen LogP contribution in [0, 0.1) is 0 Å². The molecule has 5 nitrogen and oxygen atoms in total. The lowest BCUT2D eigenvalue weighted by molar-refractivity contribution is -0.136. The van der Waals surface area contributed by atoms with Gasteiger partial charge in [0.25, 0.3) is 0 Å². The summed E-state index contributed by atoms with van der Waals surface area (Å²) in [6, 6.07) is 0. The maximum Gasteiger partial charge on any atom is 0.410 e. The lowest BCUT2D eigenvalue weighted by Gasteiger charge is -2.45. The average molecular weight is 295 g/mol. The molecule has 0 heterocycles. The molecule has 0 N–H and O–H groups in total. The molecule has 1 saturated carbocycles. The number of methoxy groups -OCH3 is 2. The van der Waals surface area contributed by atoms with Crippen molar-refractivity contribution in [1.82, 2.24) is 4.90 Å². The maximum atomic E-state index is 12.2. The van der Waals surface area contributed by atoms with E-state index in [4.69, 9.17) is 4.74 Å². The number of ether oxygens (including phenoxy) is 2. The fourth-order valence-electron chi connectivity index (χ4n) is 3.00. The molecule has 21 heavy (non-hydrogen) atoms. The first kappa shape index (κ1) is 17.3. The molecule has 0 aliphatic heterocycles. The van der Waals surface area contributed by atoms with Crippen molar-refractivity contribution in [2.45, 2.75) is 44.1 Å². The summed E-state index contributed by atoms with van der Waals surface area (Å²) in [4.78, 5) is 25.4. The lowest BCUT2D eigenvalue weighted by Crippen LogP contribution is -2.53. The van der Waals surface area contributed by atoms with Gasteiger partial charge in [-0.05, 0) is 19.3 Å². The zero-order valence-electron chi connectivity index (χ0n) is 13.0. The van der Waals surface area contributed by atoms with E-state index in [0.717, 1.165) is 32.1 Å². The standard InChI is InChI=1S/C16H25NO4/c1-5-9-16(10-7-6-8-11-16)17(15(19)21-4)12-13(2)14(18)20-3/h5H,1-2,6-12H2,3-4H3. The largest absolute Gasteiger partial charge is 0.466 e. The number of hydrogen-bond donors (Lipinski definition) is 0. The quantitative estimate of drug-likeness (QED) is 0.429. The van der Waals surface area contributed by atoms with Crippen molar-refractivity contribution < 1.29 is 19.1 Å². The molecular weight excluding hydrogens is 270 g/mol. The fraction of sp³-hybridized carbons (Fsp3) is 0.625. The second kappa shape index (κ2) is 7.86. The van der Waals surface area contributed by atoms with Crippen LogP contribution in [0.15, 0.2) is 24.8 Å². The van der Waals surface area contributed by atoms with E-state index in [0.29, 0.717) is 6.42 Å². The van der Waals surface area contributed by atoms with Crippen molar-refractivity contribution in [1.29, 1.82) is 0 Å². The third kappa shape index (κ3) is 4.09. The minimum absolute atomic E-state index is 0.118. The first-order valence-corrected chi connectivity index (χ1v) is 7.23. The number of nitrogens with zero attached hydrogens (tertiary/aromatic N) is 1. The third-order valence-corrected chi connectivity index (χ3v) is 4.10. The smallest absolute Gasteiger partial charge is 0.410 e. The Morgan fingerprint density at radius 3 is 2.29 bits per heavy atom. The second-order valence-electron chi connectivity index (χ2n) is 5.43. The van der Waals surface area contributed by atoms with Gasteiger partial charge < -0.3 is 9.47 Å². The summed E-state index contributed by atoms with van der Waals surface area (Å²) in [5, 5.41) is 0. The highest BCUT2D eigenvalue weighted by molar-refractivity contribution is 5.88. The average Bonchev–Trinajstić information content (AvgIpc) is 2.51. The number of carbonyl (C=O) groups excluding carboxylic acids is 2. The van der Waals surface area contributed by atoms with Gasteiger partial charge in [0.2, 0.25) is 0 Å². The molecule has 0 saturated heterocycles. The molecule has 0 aromatic heterocycles. The van der Waals surface area contributed by atoms with Crippen molar-refractivity contribution in [2.24, 2.45) is 0 Å². The molecule has 1 aliphatic rings. The predicted octanol–water partition coefficient (Wildman–Crippen LogP) is 3.06. The van der Waals surface area contributed by atoms with Gasteiger partial charge in [0, 0.05) is 5.57 Å². The van der Waals surface area contributed by atoms with Crippen LogP contribution in [0.2, 0.25) is 0 Å². The molecule has 0 unspecified atom stereocenters.